The summed E-state index contributed by atoms with van der Waals surface area (Å²) in [5.41, 5.74) is 48.3. The standard InChI is InChI=1S/C87H146N24O16/c1-14-52(12)72(84(125)98-46-69(113)99-53(13)74(115)109-70(50(8)9)86(127)108-64(41-49(6)7)79(120)101-60(33-22-25-37-90)78(119)110-71(51(10)11)85(126)103-62(73(93)114)39-47(2)3)111-83(124)67(44-68(92)112)107-76(117)59(32-21-24-36-89)100-81(122)65(42-54-27-16-15-17-28-54)106-80(121)63(40-48(4)5)105-77(118)61(34-26-38-96-87(94)95)102-82(123)66(104-75(116)57(91)30-20-23-35-88)43-55-45-97-58-31-19-18-29-56(55)58/h15-19,27-29,31,45,47-53,57,59-67,70-72,97H,14,20-26,30,32-44,46,88-91H2,1-13H3,(H2,92,112)(H2,93,114)(H,98,125)(H,99,113)(H,100,122)(H,101,120)(H,102,123)(H,103,126)(H,104,116)(H,105,118)(H,106,121)(H,107,117)(H,108,127)(H,109,115)(H,110,119)(H,111,124)(H4,94,95,96)/t52-,53-,57-,59-,60-,61-,62-,63-,64-,65-,66-,67-,70-,71-,72-/m0/s1. The number of hydrogen-bond donors (Lipinski definition) is 23. The van der Waals surface area contributed by atoms with Crippen LogP contribution in [0.3, 0.4) is 0 Å². The lowest BCUT2D eigenvalue weighted by molar-refractivity contribution is -0.137. The van der Waals surface area contributed by atoms with Crippen molar-refractivity contribution in [1.29, 1.82) is 0 Å². The zero-order valence-electron chi connectivity index (χ0n) is 76.2. The van der Waals surface area contributed by atoms with Gasteiger partial charge >= 0.3 is 0 Å². The fourth-order valence-electron chi connectivity index (χ4n) is 13.9. The van der Waals surface area contributed by atoms with E-state index in [1.807, 2.05) is 38.1 Å². The summed E-state index contributed by atoms with van der Waals surface area (Å²) < 4.78 is 0. The third-order valence-corrected chi connectivity index (χ3v) is 21.3. The molecule has 2 aromatic carbocycles. The Hall–Kier alpha value is -11.4. The molecular weight excluding hydrogens is 1640 g/mol. The molecule has 16 amide bonds. The normalized spacial score (nSPS) is 14.9. The number of carbonyl (C=O) groups is 16. The summed E-state index contributed by atoms with van der Waals surface area (Å²) in [5, 5.41) is 38.1. The minimum atomic E-state index is -1.79. The van der Waals surface area contributed by atoms with Crippen LogP contribution >= 0.6 is 0 Å². The summed E-state index contributed by atoms with van der Waals surface area (Å²) in [5.74, 6) is -15.8. The summed E-state index contributed by atoms with van der Waals surface area (Å²) in [6.07, 6.45) is 4.19. The topological polar surface area (TPSA) is 678 Å². The fraction of sp³-hybridized carbons (Fsp3) is 0.644. The molecule has 0 radical (unpaired) electrons. The number of aromatic amines is 1. The maximum atomic E-state index is 15.0. The molecule has 0 aliphatic heterocycles. The Kier molecular flexibility index (Phi) is 49.6. The maximum absolute atomic E-state index is 15.0. The molecule has 0 aliphatic carbocycles. The van der Waals surface area contributed by atoms with Gasteiger partial charge in [0.05, 0.1) is 19.0 Å². The third-order valence-electron chi connectivity index (χ3n) is 21.3. The van der Waals surface area contributed by atoms with E-state index < -0.39 is 210 Å². The molecule has 3 rings (SSSR count). The second kappa shape index (κ2) is 57.3. The maximum Gasteiger partial charge on any atom is 0.243 e. The van der Waals surface area contributed by atoms with Gasteiger partial charge in [-0.3, -0.25) is 81.7 Å². The Balaban J connectivity index is 1.88. The lowest BCUT2D eigenvalue weighted by atomic mass is 9.97. The molecule has 40 heteroatoms. The number of guanidine groups is 1. The van der Waals surface area contributed by atoms with E-state index in [1.54, 1.807) is 106 Å². The lowest BCUT2D eigenvalue weighted by Gasteiger charge is -2.29. The van der Waals surface area contributed by atoms with Crippen LogP contribution in [0.15, 0.2) is 65.8 Å². The van der Waals surface area contributed by atoms with Crippen molar-refractivity contribution in [2.75, 3.05) is 32.7 Å². The van der Waals surface area contributed by atoms with Gasteiger partial charge in [-0.1, -0.05) is 144 Å². The molecule has 710 valence electrons. The number of unbranched alkanes of at least 4 members (excludes halogenated alkanes) is 3. The Morgan fingerprint density at radius 1 is 0.386 bits per heavy atom. The largest absolute Gasteiger partial charge is 0.370 e. The number of carbonyl (C=O) groups excluding carboxylic acids is 16. The van der Waals surface area contributed by atoms with Gasteiger partial charge in [0, 0.05) is 36.5 Å². The van der Waals surface area contributed by atoms with Crippen molar-refractivity contribution >= 4 is 111 Å². The van der Waals surface area contributed by atoms with Gasteiger partial charge in [0.2, 0.25) is 94.5 Å². The molecule has 1 aromatic heterocycles. The van der Waals surface area contributed by atoms with E-state index in [4.69, 9.17) is 45.9 Å². The molecule has 0 aliphatic rings. The number of fused-ring (bicyclic) bond motifs is 1. The van der Waals surface area contributed by atoms with Gasteiger partial charge in [-0.2, -0.15) is 0 Å². The SMILES string of the molecule is CC[C@H](C)[C@H](NC(=O)[C@H](CC(N)=O)NC(=O)[C@H](CCCCN)NC(=O)[C@H](Cc1ccccc1)NC(=O)[C@H](CC(C)C)NC(=O)[C@H](CCCN=C(N)N)NC(=O)[C@H](Cc1c[nH]c2ccccc12)NC(=O)[C@@H](N)CCCCN)C(=O)NCC(=O)N[C@@H](C)C(=O)N[C@H](C(=O)N[C@@H](CC(C)C)C(=O)N[C@@H](CCCCN)C(=O)N[C@H](C(=O)N[C@@H](CC(C)C)C(N)=O)C(C)C)C(C)C. The van der Waals surface area contributed by atoms with Gasteiger partial charge in [-0.05, 0) is 163 Å². The average Bonchev–Trinajstić information content (AvgIpc) is 1.53. The van der Waals surface area contributed by atoms with Crippen LogP contribution in [-0.2, 0) is 89.6 Å². The van der Waals surface area contributed by atoms with Gasteiger partial charge in [0.1, 0.15) is 78.5 Å². The van der Waals surface area contributed by atoms with Gasteiger partial charge in [0.25, 0.3) is 0 Å². The zero-order valence-corrected chi connectivity index (χ0v) is 76.2. The second-order valence-corrected chi connectivity index (χ2v) is 34.5. The van der Waals surface area contributed by atoms with Gasteiger partial charge < -0.3 is 125 Å². The van der Waals surface area contributed by atoms with Crippen molar-refractivity contribution in [3.05, 3.63) is 71.9 Å². The molecule has 0 saturated carbocycles. The van der Waals surface area contributed by atoms with Crippen LogP contribution in [0.25, 0.3) is 10.9 Å². The molecule has 0 saturated heterocycles. The number of aromatic nitrogens is 1. The molecule has 0 spiro atoms. The highest BCUT2D eigenvalue weighted by Crippen LogP contribution is 2.22. The first-order chi connectivity index (χ1) is 59.9. The summed E-state index contributed by atoms with van der Waals surface area (Å²) in [4.78, 5) is 232. The number of hydrogen-bond acceptors (Lipinski definition) is 21. The molecule has 127 heavy (non-hydrogen) atoms. The van der Waals surface area contributed by atoms with E-state index in [0.29, 0.717) is 49.8 Å². The molecule has 0 unspecified atom stereocenters. The third kappa shape index (κ3) is 40.4. The highest BCUT2D eigenvalue weighted by molar-refractivity contribution is 6.01. The quantitative estimate of drug-likeness (QED) is 0.0165. The van der Waals surface area contributed by atoms with Gasteiger partial charge in [-0.25, -0.2) is 0 Å². The second-order valence-electron chi connectivity index (χ2n) is 34.5. The number of nitrogens with zero attached hydrogens (tertiary/aromatic N) is 1. The number of amides is 16. The number of benzene rings is 2. The molecule has 1 heterocycles. The van der Waals surface area contributed by atoms with Crippen LogP contribution in [0.1, 0.15) is 204 Å². The van der Waals surface area contributed by atoms with Gasteiger partial charge in [0.15, 0.2) is 5.96 Å². The van der Waals surface area contributed by atoms with Crippen LogP contribution in [0.4, 0.5) is 0 Å². The van der Waals surface area contributed by atoms with Crippen LogP contribution in [-0.4, -0.2) is 223 Å². The van der Waals surface area contributed by atoms with E-state index in [-0.39, 0.29) is 120 Å². The zero-order chi connectivity index (χ0) is 95.3. The van der Waals surface area contributed by atoms with E-state index in [2.05, 4.69) is 84.4 Å². The Morgan fingerprint density at radius 2 is 0.780 bits per heavy atom. The predicted molar refractivity (Wildman–Crippen MR) is 483 cm³/mol. The van der Waals surface area contributed by atoms with E-state index in [0.717, 1.165) is 10.9 Å². The highest BCUT2D eigenvalue weighted by Gasteiger charge is 2.40. The lowest BCUT2D eigenvalue weighted by Crippen LogP contribution is -2.61. The number of nitrogens with one attached hydrogen (secondary N) is 15. The summed E-state index contributed by atoms with van der Waals surface area (Å²) in [6, 6.07) is -2.65. The van der Waals surface area contributed by atoms with Gasteiger partial charge in [-0.15, -0.1) is 0 Å². The number of nitrogens with two attached hydrogens (primary N) is 8. The molecule has 31 N–H and O–H groups in total. The first-order valence-electron chi connectivity index (χ1n) is 44.2. The molecule has 0 bridgehead atoms. The van der Waals surface area contributed by atoms with Crippen LogP contribution < -0.4 is 120 Å². The molecule has 0 fully saturated rings. The first kappa shape index (κ1) is 110. The van der Waals surface area contributed by atoms with E-state index in [9.17, 15) is 76.7 Å². The fourth-order valence-corrected chi connectivity index (χ4v) is 13.9. The van der Waals surface area contributed by atoms with Crippen LogP contribution in [0.5, 0.6) is 0 Å². The number of aliphatic imine (C=N–C) groups is 1. The van der Waals surface area contributed by atoms with Crippen LogP contribution in [0.2, 0.25) is 0 Å². The summed E-state index contributed by atoms with van der Waals surface area (Å²) >= 11 is 0. The van der Waals surface area contributed by atoms with E-state index >= 15 is 0 Å². The molecule has 40 nitrogen and oxygen atoms in total. The van der Waals surface area contributed by atoms with Crippen LogP contribution in [0, 0.1) is 35.5 Å². The highest BCUT2D eigenvalue weighted by atomic mass is 16.2. The Bertz CT molecular complexity index is 4100. The minimum absolute atomic E-state index is 0.00367. The number of rotatable bonds is 61. The predicted octanol–water partition coefficient (Wildman–Crippen LogP) is -1.98. The minimum Gasteiger partial charge on any atom is -0.370 e. The van der Waals surface area contributed by atoms with Crippen molar-refractivity contribution in [2.45, 2.75) is 290 Å². The Morgan fingerprint density at radius 3 is 1.26 bits per heavy atom. The van der Waals surface area contributed by atoms with E-state index in [1.165, 1.54) is 6.92 Å². The summed E-state index contributed by atoms with van der Waals surface area (Å²) in [6.45, 7) is 22.3. The van der Waals surface area contributed by atoms with Crippen molar-refractivity contribution < 1.29 is 76.7 Å². The Labute approximate surface area is 745 Å². The molecule has 3 aromatic rings. The first-order valence-corrected chi connectivity index (χ1v) is 44.2. The molecule has 15 atom stereocenters. The van der Waals surface area contributed by atoms with Crippen molar-refractivity contribution in [1.82, 2.24) is 79.4 Å². The average molecular weight is 1780 g/mol. The number of para-hydroxylation sites is 1. The van der Waals surface area contributed by atoms with Crippen molar-refractivity contribution in [3.8, 4) is 0 Å². The molecular formula is C87H146N24O16. The van der Waals surface area contributed by atoms with Crippen molar-refractivity contribution in [3.63, 3.8) is 0 Å². The summed E-state index contributed by atoms with van der Waals surface area (Å²) in [7, 11) is 0. The number of primary amides is 2. The van der Waals surface area contributed by atoms with Crippen molar-refractivity contribution in [2.24, 2.45) is 86.4 Å². The monoisotopic (exact) mass is 1780 g/mol. The smallest absolute Gasteiger partial charge is 0.243 e. The number of H-pyrrole nitrogens is 1.